The summed E-state index contributed by atoms with van der Waals surface area (Å²) in [6.07, 6.45) is 11.9. The molecule has 33 heavy (non-hydrogen) atoms. The van der Waals surface area contributed by atoms with Gasteiger partial charge in [-0.25, -0.2) is 0 Å². The van der Waals surface area contributed by atoms with Crippen molar-refractivity contribution < 1.29 is 0 Å². The number of nitrogens with zero attached hydrogens (tertiary/aromatic N) is 1. The number of rotatable bonds is 8. The average Bonchev–Trinajstić information content (AvgIpc) is 2.81. The first-order valence-electron chi connectivity index (χ1n) is 12.3. The molecule has 0 spiro atoms. The van der Waals surface area contributed by atoms with Crippen molar-refractivity contribution in [2.75, 3.05) is 11.9 Å². The Labute approximate surface area is 202 Å². The van der Waals surface area contributed by atoms with Gasteiger partial charge in [-0.2, -0.15) is 0 Å². The molecule has 0 saturated heterocycles. The van der Waals surface area contributed by atoms with Crippen LogP contribution in [0.5, 0.6) is 0 Å². The first-order valence-corrected chi connectivity index (χ1v) is 12.3. The molecule has 1 aliphatic carbocycles. The van der Waals surface area contributed by atoms with Crippen LogP contribution >= 0.6 is 0 Å². The Morgan fingerprint density at radius 1 is 0.909 bits per heavy atom. The fourth-order valence-corrected chi connectivity index (χ4v) is 4.67. The highest BCUT2D eigenvalue weighted by atomic mass is 15.1. The monoisotopic (exact) mass is 439 g/mol. The molecule has 0 fully saturated rings. The fraction of sp³-hybridized carbons (Fsp3) is 0.375. The smallest absolute Gasteiger partial charge is 0.0504 e. The summed E-state index contributed by atoms with van der Waals surface area (Å²) >= 11 is 0. The van der Waals surface area contributed by atoms with E-state index in [0.717, 1.165) is 19.3 Å². The second-order valence-electron chi connectivity index (χ2n) is 10.7. The number of hydrogen-bond acceptors (Lipinski definition) is 1. The molecule has 2 aromatic rings. The zero-order valence-electron chi connectivity index (χ0n) is 21.5. The van der Waals surface area contributed by atoms with E-state index in [-0.39, 0.29) is 5.41 Å². The highest BCUT2D eigenvalue weighted by Gasteiger charge is 2.23. The highest BCUT2D eigenvalue weighted by molar-refractivity contribution is 5.75. The van der Waals surface area contributed by atoms with Crippen molar-refractivity contribution >= 4 is 11.8 Å². The maximum Gasteiger partial charge on any atom is 0.0504 e. The maximum absolute atomic E-state index is 4.15. The molecule has 1 nitrogen and oxygen atoms in total. The molecule has 174 valence electrons. The van der Waals surface area contributed by atoms with Crippen molar-refractivity contribution in [1.29, 1.82) is 0 Å². The van der Waals surface area contributed by atoms with Crippen LogP contribution < -0.4 is 4.90 Å². The Balaban J connectivity index is 1.94. The van der Waals surface area contributed by atoms with Crippen LogP contribution in [0.4, 0.5) is 5.69 Å². The Morgan fingerprint density at radius 3 is 2.09 bits per heavy atom. The standard InChI is InChI=1S/C32H41N/c1-9-24-11-13-27(14-12-24)31(21-23(3)4)33(8)30-20-17-28(22-25(30)10-2)26-15-18-29(19-16-26)32(5,6)7/h9-11,13,15-20,22-23,31H,1-2,12,14,21H2,3-8H3. The molecule has 1 heteroatoms. The van der Waals surface area contributed by atoms with Crippen LogP contribution in [0.3, 0.4) is 0 Å². The van der Waals surface area contributed by atoms with Crippen LogP contribution in [0, 0.1) is 5.92 Å². The molecule has 1 atom stereocenters. The summed E-state index contributed by atoms with van der Waals surface area (Å²) in [6.45, 7) is 19.5. The number of anilines is 1. The third-order valence-electron chi connectivity index (χ3n) is 6.78. The van der Waals surface area contributed by atoms with E-state index in [1.165, 1.54) is 39.1 Å². The Kier molecular flexibility index (Phi) is 7.84. The molecular weight excluding hydrogens is 398 g/mol. The molecule has 0 amide bonds. The van der Waals surface area contributed by atoms with Crippen molar-refractivity contribution in [3.05, 3.63) is 96.1 Å². The normalized spacial score (nSPS) is 15.0. The summed E-state index contributed by atoms with van der Waals surface area (Å²) < 4.78 is 0. The molecule has 0 saturated carbocycles. The topological polar surface area (TPSA) is 3.24 Å². The van der Waals surface area contributed by atoms with E-state index in [2.05, 4.69) is 114 Å². The van der Waals surface area contributed by atoms with E-state index in [0.29, 0.717) is 12.0 Å². The Hall–Kier alpha value is -2.80. The SMILES string of the molecule is C=CC1=CC=C(C(CC(C)C)N(C)c2ccc(-c3ccc(C(C)(C)C)cc3)cc2C=C)CC1. The van der Waals surface area contributed by atoms with E-state index < -0.39 is 0 Å². The van der Waals surface area contributed by atoms with Crippen LogP contribution in [0.2, 0.25) is 0 Å². The van der Waals surface area contributed by atoms with E-state index >= 15 is 0 Å². The predicted octanol–water partition coefficient (Wildman–Crippen LogP) is 8.98. The van der Waals surface area contributed by atoms with Gasteiger partial charge in [-0.1, -0.05) is 102 Å². The van der Waals surface area contributed by atoms with Crippen molar-refractivity contribution in [2.24, 2.45) is 5.92 Å². The van der Waals surface area contributed by atoms with Crippen LogP contribution in [0.25, 0.3) is 17.2 Å². The molecule has 0 aliphatic heterocycles. The zero-order chi connectivity index (χ0) is 24.2. The van der Waals surface area contributed by atoms with E-state index in [4.69, 9.17) is 0 Å². The molecular formula is C32H41N. The van der Waals surface area contributed by atoms with Crippen LogP contribution in [0.15, 0.2) is 85.0 Å². The minimum Gasteiger partial charge on any atom is -0.367 e. The zero-order valence-corrected chi connectivity index (χ0v) is 21.5. The van der Waals surface area contributed by atoms with E-state index in [1.54, 1.807) is 0 Å². The minimum absolute atomic E-state index is 0.165. The van der Waals surface area contributed by atoms with Gasteiger partial charge in [0.15, 0.2) is 0 Å². The number of hydrogen-bond donors (Lipinski definition) is 0. The molecule has 0 heterocycles. The first-order chi connectivity index (χ1) is 15.6. The van der Waals surface area contributed by atoms with Crippen molar-refractivity contribution in [3.8, 4) is 11.1 Å². The lowest BCUT2D eigenvalue weighted by molar-refractivity contribution is 0.507. The lowest BCUT2D eigenvalue weighted by atomic mass is 9.86. The quantitative estimate of drug-likeness (QED) is 0.396. The summed E-state index contributed by atoms with van der Waals surface area (Å²) in [6, 6.07) is 16.2. The summed E-state index contributed by atoms with van der Waals surface area (Å²) in [5.41, 5.74) is 9.27. The second-order valence-corrected chi connectivity index (χ2v) is 10.7. The molecule has 1 unspecified atom stereocenters. The van der Waals surface area contributed by atoms with E-state index in [9.17, 15) is 0 Å². The second kappa shape index (κ2) is 10.4. The first kappa shape index (κ1) is 24.8. The van der Waals surface area contributed by atoms with Crippen LogP contribution in [-0.2, 0) is 5.41 Å². The maximum atomic E-state index is 4.15. The summed E-state index contributed by atoms with van der Waals surface area (Å²) in [7, 11) is 2.24. The van der Waals surface area contributed by atoms with Crippen molar-refractivity contribution in [3.63, 3.8) is 0 Å². The molecule has 0 radical (unpaired) electrons. The van der Waals surface area contributed by atoms with Crippen molar-refractivity contribution in [2.45, 2.75) is 65.3 Å². The number of likely N-dealkylation sites (N-methyl/N-ethyl adjacent to an activating group) is 1. The van der Waals surface area contributed by atoms with Gasteiger partial charge in [0.2, 0.25) is 0 Å². The molecule has 2 aromatic carbocycles. The van der Waals surface area contributed by atoms with Gasteiger partial charge < -0.3 is 4.90 Å². The van der Waals surface area contributed by atoms with E-state index in [1.807, 2.05) is 12.2 Å². The van der Waals surface area contributed by atoms with Gasteiger partial charge in [0.25, 0.3) is 0 Å². The average molecular weight is 440 g/mol. The molecule has 1 aliphatic rings. The molecule has 0 bridgehead atoms. The Morgan fingerprint density at radius 2 is 1.58 bits per heavy atom. The van der Waals surface area contributed by atoms with Gasteiger partial charge in [0, 0.05) is 12.7 Å². The number of benzene rings is 2. The van der Waals surface area contributed by atoms with Gasteiger partial charge in [0.1, 0.15) is 0 Å². The van der Waals surface area contributed by atoms with Gasteiger partial charge >= 0.3 is 0 Å². The highest BCUT2D eigenvalue weighted by Crippen LogP contribution is 2.34. The largest absolute Gasteiger partial charge is 0.367 e. The summed E-state index contributed by atoms with van der Waals surface area (Å²) in [5.74, 6) is 0.621. The third-order valence-corrected chi connectivity index (χ3v) is 6.78. The predicted molar refractivity (Wildman–Crippen MR) is 148 cm³/mol. The summed E-state index contributed by atoms with van der Waals surface area (Å²) in [5, 5.41) is 0. The molecule has 0 N–H and O–H groups in total. The van der Waals surface area contributed by atoms with Crippen LogP contribution in [-0.4, -0.2) is 13.1 Å². The van der Waals surface area contributed by atoms with Gasteiger partial charge in [-0.05, 0) is 76.1 Å². The van der Waals surface area contributed by atoms with Gasteiger partial charge in [0.05, 0.1) is 6.04 Å². The number of allylic oxidation sites excluding steroid dienone is 4. The third kappa shape index (κ3) is 5.96. The van der Waals surface area contributed by atoms with Gasteiger partial charge in [-0.15, -0.1) is 0 Å². The fourth-order valence-electron chi connectivity index (χ4n) is 4.67. The molecule has 0 aromatic heterocycles. The van der Waals surface area contributed by atoms with Gasteiger partial charge in [-0.3, -0.25) is 0 Å². The lowest BCUT2D eigenvalue weighted by Gasteiger charge is -2.35. The Bertz CT molecular complexity index is 1040. The van der Waals surface area contributed by atoms with Crippen molar-refractivity contribution in [1.82, 2.24) is 0 Å². The minimum atomic E-state index is 0.165. The van der Waals surface area contributed by atoms with Crippen LogP contribution in [0.1, 0.15) is 65.0 Å². The summed E-state index contributed by atoms with van der Waals surface area (Å²) in [4.78, 5) is 2.46. The lowest BCUT2D eigenvalue weighted by Crippen LogP contribution is -2.35. The molecule has 3 rings (SSSR count).